The van der Waals surface area contributed by atoms with E-state index in [0.29, 0.717) is 30.3 Å². The maximum absolute atomic E-state index is 12.2. The van der Waals surface area contributed by atoms with Gasteiger partial charge < -0.3 is 14.2 Å². The summed E-state index contributed by atoms with van der Waals surface area (Å²) in [6.45, 7) is 0.473. The average molecular weight is 437 g/mol. The van der Waals surface area contributed by atoms with Gasteiger partial charge in [-0.25, -0.2) is 4.79 Å². The molecule has 2 saturated carbocycles. The van der Waals surface area contributed by atoms with Gasteiger partial charge in [0, 0.05) is 0 Å². The van der Waals surface area contributed by atoms with Gasteiger partial charge in [-0.1, -0.05) is 49.6 Å². The fraction of sp³-hybridized carbons (Fsp3) is 0.536. The molecule has 172 valence electrons. The van der Waals surface area contributed by atoms with E-state index in [1.807, 2.05) is 30.3 Å². The quantitative estimate of drug-likeness (QED) is 0.249. The van der Waals surface area contributed by atoms with Gasteiger partial charge in [-0.15, -0.1) is 0 Å². The Hall–Kier alpha value is -2.17. The van der Waals surface area contributed by atoms with Crippen LogP contribution in [0.2, 0.25) is 0 Å². The second-order valence-electron chi connectivity index (χ2n) is 9.29. The Balaban J connectivity index is 1.12. The number of ether oxygens (including phenoxy) is 3. The number of esters is 1. The maximum Gasteiger partial charge on any atom is 0.343 e. The van der Waals surface area contributed by atoms with E-state index < -0.39 is 0 Å². The zero-order valence-corrected chi connectivity index (χ0v) is 19.0. The molecule has 0 atom stereocenters. The van der Waals surface area contributed by atoms with E-state index in [1.165, 1.54) is 56.9 Å². The largest absolute Gasteiger partial charge is 0.423 e. The monoisotopic (exact) mass is 436 g/mol. The molecular weight excluding hydrogens is 400 g/mol. The zero-order chi connectivity index (χ0) is 22.0. The molecule has 0 aromatic heterocycles. The lowest BCUT2D eigenvalue weighted by atomic mass is 9.84. The number of hydrogen-bond donors (Lipinski definition) is 0. The summed E-state index contributed by atoms with van der Waals surface area (Å²) in [5, 5.41) is 0. The molecule has 32 heavy (non-hydrogen) atoms. The topological polar surface area (TPSA) is 44.8 Å². The highest BCUT2D eigenvalue weighted by Crippen LogP contribution is 2.30. The van der Waals surface area contributed by atoms with Crippen molar-refractivity contribution in [1.29, 1.82) is 0 Å². The van der Waals surface area contributed by atoms with Crippen molar-refractivity contribution >= 4 is 5.97 Å². The van der Waals surface area contributed by atoms with Crippen LogP contribution in [0.25, 0.3) is 0 Å². The Morgan fingerprint density at radius 3 is 2.09 bits per heavy atom. The molecule has 0 amide bonds. The molecule has 2 aliphatic carbocycles. The Labute approximate surface area is 192 Å². The van der Waals surface area contributed by atoms with Crippen molar-refractivity contribution in [2.75, 3.05) is 6.79 Å². The highest BCUT2D eigenvalue weighted by atomic mass is 16.7. The lowest BCUT2D eigenvalue weighted by molar-refractivity contribution is -0.133. The summed E-state index contributed by atoms with van der Waals surface area (Å²) in [4.78, 5) is 12.2. The van der Waals surface area contributed by atoms with Crippen molar-refractivity contribution in [2.45, 2.75) is 82.8 Å². The summed E-state index contributed by atoms with van der Waals surface area (Å²) in [5.41, 5.74) is 1.86. The second-order valence-corrected chi connectivity index (χ2v) is 9.29. The summed E-state index contributed by atoms with van der Waals surface area (Å²) < 4.78 is 17.4. The normalized spacial score (nSPS) is 21.9. The third kappa shape index (κ3) is 7.18. The first-order chi connectivity index (χ1) is 15.8. The minimum atomic E-state index is -0.318. The minimum Gasteiger partial charge on any atom is -0.423 e. The van der Waals surface area contributed by atoms with Gasteiger partial charge in [0.15, 0.2) is 0 Å². The molecule has 0 spiro atoms. The molecule has 0 bridgehead atoms. The van der Waals surface area contributed by atoms with Crippen LogP contribution in [0, 0.1) is 5.92 Å². The first kappa shape index (κ1) is 23.0. The van der Waals surface area contributed by atoms with Crippen LogP contribution in [0.15, 0.2) is 54.6 Å². The molecule has 2 fully saturated rings. The molecule has 2 aromatic rings. The summed E-state index contributed by atoms with van der Waals surface area (Å²) in [5.74, 6) is 1.04. The van der Waals surface area contributed by atoms with Crippen molar-refractivity contribution in [3.63, 3.8) is 0 Å². The lowest BCUT2D eigenvalue weighted by Gasteiger charge is -2.29. The van der Waals surface area contributed by atoms with Crippen LogP contribution in [0.5, 0.6) is 5.75 Å². The molecule has 2 aromatic carbocycles. The highest BCUT2D eigenvalue weighted by molar-refractivity contribution is 5.90. The van der Waals surface area contributed by atoms with Crippen LogP contribution in [0.1, 0.15) is 80.1 Å². The van der Waals surface area contributed by atoms with Crippen molar-refractivity contribution in [3.05, 3.63) is 65.7 Å². The number of rotatable bonds is 9. The standard InChI is InChI=1S/C28H36O4/c29-28(24-7-3-1-4-8-24)32-27-19-15-23(16-20-27)12-11-22-13-17-26(18-14-22)31-21-30-25-9-5-2-6-10-25/h1,3-4,7-8,15-16,19-20,22,25-26H,2,5-6,9-14,17-18,21H2. The zero-order valence-electron chi connectivity index (χ0n) is 19.0. The Morgan fingerprint density at radius 2 is 1.41 bits per heavy atom. The van der Waals surface area contributed by atoms with Crippen molar-refractivity contribution in [1.82, 2.24) is 0 Å². The molecule has 0 N–H and O–H groups in total. The van der Waals surface area contributed by atoms with Gasteiger partial charge >= 0.3 is 5.97 Å². The van der Waals surface area contributed by atoms with E-state index in [2.05, 4.69) is 12.1 Å². The van der Waals surface area contributed by atoms with Gasteiger partial charge in [-0.2, -0.15) is 0 Å². The fourth-order valence-corrected chi connectivity index (χ4v) is 4.89. The molecule has 4 rings (SSSR count). The van der Waals surface area contributed by atoms with Gasteiger partial charge in [-0.05, 0) is 87.1 Å². The molecule has 0 aliphatic heterocycles. The van der Waals surface area contributed by atoms with Crippen molar-refractivity contribution in [3.8, 4) is 5.75 Å². The number of carbonyl (C=O) groups is 1. The lowest BCUT2D eigenvalue weighted by Crippen LogP contribution is -2.25. The SMILES string of the molecule is O=C(Oc1ccc(CCC2CCC(OCOC3CCCCC3)CC2)cc1)c1ccccc1. The van der Waals surface area contributed by atoms with Crippen LogP contribution >= 0.6 is 0 Å². The van der Waals surface area contributed by atoms with Gasteiger partial charge in [0.2, 0.25) is 0 Å². The van der Waals surface area contributed by atoms with E-state index in [0.717, 1.165) is 25.2 Å². The highest BCUT2D eigenvalue weighted by Gasteiger charge is 2.22. The van der Waals surface area contributed by atoms with Gasteiger partial charge in [0.1, 0.15) is 12.5 Å². The predicted octanol–water partition coefficient (Wildman–Crippen LogP) is 6.72. The fourth-order valence-electron chi connectivity index (χ4n) is 4.89. The van der Waals surface area contributed by atoms with Crippen LogP contribution in [0.4, 0.5) is 0 Å². The predicted molar refractivity (Wildman–Crippen MR) is 126 cm³/mol. The Bertz CT molecular complexity index is 803. The number of benzene rings is 2. The van der Waals surface area contributed by atoms with Gasteiger partial charge in [-0.3, -0.25) is 0 Å². The molecular formula is C28H36O4. The van der Waals surface area contributed by atoms with Crippen molar-refractivity contribution < 1.29 is 19.0 Å². The van der Waals surface area contributed by atoms with Crippen LogP contribution < -0.4 is 4.74 Å². The maximum atomic E-state index is 12.2. The second kappa shape index (κ2) is 12.2. The summed E-state index contributed by atoms with van der Waals surface area (Å²) in [7, 11) is 0. The van der Waals surface area contributed by atoms with E-state index in [9.17, 15) is 4.79 Å². The first-order valence-corrected chi connectivity index (χ1v) is 12.4. The van der Waals surface area contributed by atoms with Crippen LogP contribution in [-0.2, 0) is 15.9 Å². The Morgan fingerprint density at radius 1 is 0.750 bits per heavy atom. The summed E-state index contributed by atoms with van der Waals surface area (Å²) in [6.07, 6.45) is 14.2. The molecule has 0 heterocycles. The Kier molecular flexibility index (Phi) is 8.75. The van der Waals surface area contributed by atoms with Crippen LogP contribution in [0.3, 0.4) is 0 Å². The number of carbonyl (C=O) groups excluding carboxylic acids is 1. The molecule has 0 unspecified atom stereocenters. The third-order valence-electron chi connectivity index (χ3n) is 6.94. The summed E-state index contributed by atoms with van der Waals surface area (Å²) in [6, 6.07) is 17.0. The molecule has 2 aliphatic rings. The average Bonchev–Trinajstić information content (AvgIpc) is 2.85. The van der Waals surface area contributed by atoms with E-state index in [4.69, 9.17) is 14.2 Å². The van der Waals surface area contributed by atoms with Gasteiger partial charge in [0.25, 0.3) is 0 Å². The third-order valence-corrected chi connectivity index (χ3v) is 6.94. The van der Waals surface area contributed by atoms with E-state index >= 15 is 0 Å². The summed E-state index contributed by atoms with van der Waals surface area (Å²) >= 11 is 0. The van der Waals surface area contributed by atoms with Crippen LogP contribution in [-0.4, -0.2) is 25.0 Å². The molecule has 4 nitrogen and oxygen atoms in total. The first-order valence-electron chi connectivity index (χ1n) is 12.4. The molecule has 4 heteroatoms. The van der Waals surface area contributed by atoms with Gasteiger partial charge in [0.05, 0.1) is 17.8 Å². The van der Waals surface area contributed by atoms with Crippen molar-refractivity contribution in [2.24, 2.45) is 5.92 Å². The molecule has 0 saturated heterocycles. The van der Waals surface area contributed by atoms with E-state index in [1.54, 1.807) is 12.1 Å². The number of hydrogen-bond acceptors (Lipinski definition) is 4. The smallest absolute Gasteiger partial charge is 0.343 e. The minimum absolute atomic E-state index is 0.318. The van der Waals surface area contributed by atoms with E-state index in [-0.39, 0.29) is 5.97 Å². The number of aryl methyl sites for hydroxylation is 1. The molecule has 0 radical (unpaired) electrons.